The van der Waals surface area contributed by atoms with E-state index >= 15 is 0 Å². The first-order valence-electron chi connectivity index (χ1n) is 9.32. The number of rotatable bonds is 8. The van der Waals surface area contributed by atoms with E-state index in [1.165, 1.54) is 12.3 Å². The van der Waals surface area contributed by atoms with Crippen molar-refractivity contribution in [2.24, 2.45) is 5.10 Å². The third kappa shape index (κ3) is 7.44. The van der Waals surface area contributed by atoms with Gasteiger partial charge in [-0.2, -0.15) is 5.10 Å². The zero-order valence-corrected chi connectivity index (χ0v) is 17.9. The number of ether oxygens (including phenoxy) is 1. The number of carbonyl (C=O) groups excluding carboxylic acids is 2. The molecule has 0 bridgehead atoms. The van der Waals surface area contributed by atoms with Crippen molar-refractivity contribution in [1.82, 2.24) is 10.7 Å². The number of hydrogen-bond acceptors (Lipinski definition) is 4. The Morgan fingerprint density at radius 1 is 0.935 bits per heavy atom. The summed E-state index contributed by atoms with van der Waals surface area (Å²) in [6, 6.07) is 21.1. The minimum absolute atomic E-state index is 0.215. The van der Waals surface area contributed by atoms with Crippen LogP contribution in [-0.2, 0) is 11.4 Å². The van der Waals surface area contributed by atoms with Crippen molar-refractivity contribution in [2.75, 3.05) is 6.54 Å². The molecule has 0 radical (unpaired) electrons. The number of benzene rings is 3. The van der Waals surface area contributed by atoms with Crippen LogP contribution in [0.2, 0.25) is 10.0 Å². The Morgan fingerprint density at radius 3 is 2.48 bits per heavy atom. The van der Waals surface area contributed by atoms with Crippen molar-refractivity contribution in [3.05, 3.63) is 99.5 Å². The highest BCUT2D eigenvalue weighted by Gasteiger charge is 2.07. The van der Waals surface area contributed by atoms with Crippen molar-refractivity contribution in [3.63, 3.8) is 0 Å². The first-order chi connectivity index (χ1) is 15.0. The molecule has 3 rings (SSSR count). The Bertz CT molecular complexity index is 1090. The maximum absolute atomic E-state index is 12.0. The molecule has 0 saturated heterocycles. The second-order valence-electron chi connectivity index (χ2n) is 6.47. The van der Waals surface area contributed by atoms with Gasteiger partial charge in [-0.1, -0.05) is 53.5 Å². The fourth-order valence-electron chi connectivity index (χ4n) is 2.54. The van der Waals surface area contributed by atoms with E-state index in [0.717, 1.165) is 11.1 Å². The molecule has 3 aromatic carbocycles. The second kappa shape index (κ2) is 11.2. The molecule has 0 aliphatic carbocycles. The molecule has 158 valence electrons. The average Bonchev–Trinajstić information content (AvgIpc) is 2.77. The number of hydrogen-bond donors (Lipinski definition) is 2. The highest BCUT2D eigenvalue weighted by molar-refractivity contribution is 6.31. The lowest BCUT2D eigenvalue weighted by Gasteiger charge is -2.07. The van der Waals surface area contributed by atoms with Gasteiger partial charge in [-0.3, -0.25) is 9.59 Å². The summed E-state index contributed by atoms with van der Waals surface area (Å²) >= 11 is 11.7. The highest BCUT2D eigenvalue weighted by Crippen LogP contribution is 2.16. The predicted octanol–water partition coefficient (Wildman–Crippen LogP) is 4.45. The Morgan fingerprint density at radius 2 is 1.71 bits per heavy atom. The van der Waals surface area contributed by atoms with Gasteiger partial charge in [0.1, 0.15) is 12.4 Å². The number of halogens is 2. The van der Waals surface area contributed by atoms with E-state index < -0.39 is 11.8 Å². The van der Waals surface area contributed by atoms with Crippen LogP contribution in [0.1, 0.15) is 21.5 Å². The van der Waals surface area contributed by atoms with Crippen molar-refractivity contribution >= 4 is 41.2 Å². The normalized spacial score (nSPS) is 10.6. The van der Waals surface area contributed by atoms with Gasteiger partial charge in [0.05, 0.1) is 12.8 Å². The summed E-state index contributed by atoms with van der Waals surface area (Å²) < 4.78 is 5.77. The van der Waals surface area contributed by atoms with Crippen LogP contribution in [-0.4, -0.2) is 24.6 Å². The van der Waals surface area contributed by atoms with Crippen LogP contribution in [0.25, 0.3) is 0 Å². The fourth-order valence-corrected chi connectivity index (χ4v) is 2.86. The van der Waals surface area contributed by atoms with Gasteiger partial charge in [-0.15, -0.1) is 0 Å². The van der Waals surface area contributed by atoms with Crippen molar-refractivity contribution in [2.45, 2.75) is 6.61 Å². The summed E-state index contributed by atoms with van der Waals surface area (Å²) in [7, 11) is 0. The van der Waals surface area contributed by atoms with Gasteiger partial charge in [0, 0.05) is 15.6 Å². The van der Waals surface area contributed by atoms with E-state index in [2.05, 4.69) is 15.8 Å². The van der Waals surface area contributed by atoms with Crippen molar-refractivity contribution < 1.29 is 14.3 Å². The van der Waals surface area contributed by atoms with E-state index in [1.54, 1.807) is 24.3 Å². The van der Waals surface area contributed by atoms with Gasteiger partial charge in [-0.25, -0.2) is 5.43 Å². The minimum Gasteiger partial charge on any atom is -0.489 e. The summed E-state index contributed by atoms with van der Waals surface area (Å²) in [5.41, 5.74) is 4.49. The Balaban J connectivity index is 1.45. The van der Waals surface area contributed by atoms with Crippen LogP contribution in [0.3, 0.4) is 0 Å². The molecular formula is C23H19Cl2N3O3. The topological polar surface area (TPSA) is 79.8 Å². The van der Waals surface area contributed by atoms with Crippen LogP contribution in [0.15, 0.2) is 77.9 Å². The number of amides is 2. The molecule has 0 spiro atoms. The van der Waals surface area contributed by atoms with Gasteiger partial charge < -0.3 is 10.1 Å². The van der Waals surface area contributed by atoms with Crippen molar-refractivity contribution in [3.8, 4) is 5.75 Å². The lowest BCUT2D eigenvalue weighted by atomic mass is 10.2. The first-order valence-corrected chi connectivity index (χ1v) is 10.1. The molecule has 0 heterocycles. The smallest absolute Gasteiger partial charge is 0.259 e. The van der Waals surface area contributed by atoms with Crippen LogP contribution < -0.4 is 15.5 Å². The Labute approximate surface area is 189 Å². The SMILES string of the molecule is O=C(CNC(=O)c1cccc(Cl)c1)NN=Cc1cccc(OCc2ccc(Cl)cc2)c1. The fraction of sp³-hybridized carbons (Fsp3) is 0.0870. The Hall–Kier alpha value is -3.35. The number of nitrogens with zero attached hydrogens (tertiary/aromatic N) is 1. The molecule has 31 heavy (non-hydrogen) atoms. The quantitative estimate of drug-likeness (QED) is 0.388. The molecule has 6 nitrogen and oxygen atoms in total. The molecule has 0 unspecified atom stereocenters. The van der Waals surface area contributed by atoms with Crippen LogP contribution in [0.4, 0.5) is 0 Å². The standard InChI is InChI=1S/C23H19Cl2N3O3/c24-19-9-7-16(8-10-19)15-31-21-6-1-3-17(11-21)13-27-28-22(29)14-26-23(30)18-4-2-5-20(25)12-18/h1-13H,14-15H2,(H,26,30)(H,28,29). The lowest BCUT2D eigenvalue weighted by Crippen LogP contribution is -2.34. The molecule has 0 aliphatic heterocycles. The van der Waals surface area contributed by atoms with Crippen LogP contribution in [0.5, 0.6) is 5.75 Å². The van der Waals surface area contributed by atoms with Crippen LogP contribution in [0, 0.1) is 0 Å². The maximum Gasteiger partial charge on any atom is 0.259 e. The highest BCUT2D eigenvalue weighted by atomic mass is 35.5. The lowest BCUT2D eigenvalue weighted by molar-refractivity contribution is -0.120. The third-order valence-corrected chi connectivity index (χ3v) is 4.56. The summed E-state index contributed by atoms with van der Waals surface area (Å²) in [6.07, 6.45) is 1.49. The van der Waals surface area contributed by atoms with E-state index in [1.807, 2.05) is 42.5 Å². The van der Waals surface area contributed by atoms with Gasteiger partial charge >= 0.3 is 0 Å². The zero-order chi connectivity index (χ0) is 22.1. The van der Waals surface area contributed by atoms with Gasteiger partial charge in [0.25, 0.3) is 11.8 Å². The predicted molar refractivity (Wildman–Crippen MR) is 122 cm³/mol. The Kier molecular flexibility index (Phi) is 8.04. The number of carbonyl (C=O) groups is 2. The zero-order valence-electron chi connectivity index (χ0n) is 16.3. The minimum atomic E-state index is -0.457. The van der Waals surface area contributed by atoms with Gasteiger partial charge in [0.15, 0.2) is 0 Å². The molecular weight excluding hydrogens is 437 g/mol. The average molecular weight is 456 g/mol. The molecule has 3 aromatic rings. The van der Waals surface area contributed by atoms with Gasteiger partial charge in [0.2, 0.25) is 0 Å². The third-order valence-electron chi connectivity index (χ3n) is 4.08. The summed E-state index contributed by atoms with van der Waals surface area (Å²) in [5, 5.41) is 7.54. The first kappa shape index (κ1) is 22.3. The summed E-state index contributed by atoms with van der Waals surface area (Å²) in [6.45, 7) is 0.188. The van der Waals surface area contributed by atoms with Crippen LogP contribution >= 0.6 is 23.2 Å². The molecule has 0 aliphatic rings. The van der Waals surface area contributed by atoms with E-state index in [0.29, 0.717) is 28.0 Å². The molecule has 8 heteroatoms. The summed E-state index contributed by atoms with van der Waals surface area (Å²) in [5.74, 6) is -0.187. The molecule has 2 amide bonds. The van der Waals surface area contributed by atoms with E-state index in [4.69, 9.17) is 27.9 Å². The maximum atomic E-state index is 12.0. The molecule has 0 fully saturated rings. The van der Waals surface area contributed by atoms with E-state index in [-0.39, 0.29) is 6.54 Å². The number of hydrazone groups is 1. The molecule has 0 aromatic heterocycles. The molecule has 2 N–H and O–H groups in total. The number of nitrogens with one attached hydrogen (secondary N) is 2. The summed E-state index contributed by atoms with van der Waals surface area (Å²) in [4.78, 5) is 23.9. The van der Waals surface area contributed by atoms with Crippen molar-refractivity contribution in [1.29, 1.82) is 0 Å². The monoisotopic (exact) mass is 455 g/mol. The van der Waals surface area contributed by atoms with E-state index in [9.17, 15) is 9.59 Å². The largest absolute Gasteiger partial charge is 0.489 e. The van der Waals surface area contributed by atoms with Gasteiger partial charge in [-0.05, 0) is 53.6 Å². The second-order valence-corrected chi connectivity index (χ2v) is 7.35. The molecule has 0 saturated carbocycles. The molecule has 0 atom stereocenters.